The number of imide groups is 1. The third-order valence-corrected chi connectivity index (χ3v) is 10.3. The maximum Gasteiger partial charge on any atom is 0.338 e. The fraction of sp³-hybridized carbons (Fsp3) is 0.333. The van der Waals surface area contributed by atoms with Gasteiger partial charge in [0.25, 0.3) is 5.69 Å². The van der Waals surface area contributed by atoms with Crippen LogP contribution in [0.15, 0.2) is 48.5 Å². The fourth-order valence-corrected chi connectivity index (χ4v) is 7.32. The van der Waals surface area contributed by atoms with Crippen molar-refractivity contribution in [3.05, 3.63) is 69.8 Å². The van der Waals surface area contributed by atoms with E-state index in [0.29, 0.717) is 5.69 Å². The van der Waals surface area contributed by atoms with Crippen LogP contribution in [-0.4, -0.2) is 44.8 Å². The third kappa shape index (κ3) is 3.90. The highest BCUT2D eigenvalue weighted by molar-refractivity contribution is 9.12. The van der Waals surface area contributed by atoms with Crippen LogP contribution in [0, 0.1) is 33.8 Å². The highest BCUT2D eigenvalue weighted by atomic mass is 79.9. The number of fused-ring (bicyclic) bond motifs is 5. The Morgan fingerprint density at radius 3 is 2.14 bits per heavy atom. The Bertz CT molecular complexity index is 1230. The molecule has 9 nitrogen and oxygen atoms in total. The molecule has 1 aliphatic heterocycles. The van der Waals surface area contributed by atoms with E-state index in [2.05, 4.69) is 31.9 Å². The van der Waals surface area contributed by atoms with E-state index in [1.165, 1.54) is 36.4 Å². The summed E-state index contributed by atoms with van der Waals surface area (Å²) in [5, 5.41) is 10.7. The number of nitro benzene ring substituents is 1. The second-order valence-electron chi connectivity index (χ2n) is 8.87. The van der Waals surface area contributed by atoms with Crippen molar-refractivity contribution in [2.24, 2.45) is 23.7 Å². The van der Waals surface area contributed by atoms with Crippen molar-refractivity contribution in [2.45, 2.75) is 16.1 Å². The Morgan fingerprint density at radius 2 is 1.57 bits per heavy atom. The van der Waals surface area contributed by atoms with Gasteiger partial charge in [-0.05, 0) is 48.6 Å². The average molecular weight is 606 g/mol. The molecule has 3 aliphatic rings. The maximum absolute atomic E-state index is 13.2. The minimum Gasteiger partial charge on any atom is -0.454 e. The fourth-order valence-electron chi connectivity index (χ4n) is 5.44. The average Bonchev–Trinajstić information content (AvgIpc) is 3.47. The molecule has 35 heavy (non-hydrogen) atoms. The molecule has 180 valence electrons. The number of amides is 2. The molecule has 2 aromatic carbocycles. The molecule has 0 N–H and O–H groups in total. The van der Waals surface area contributed by atoms with E-state index in [4.69, 9.17) is 4.74 Å². The van der Waals surface area contributed by atoms with Crippen LogP contribution in [0.3, 0.4) is 0 Å². The van der Waals surface area contributed by atoms with Crippen LogP contribution in [0.1, 0.15) is 27.1 Å². The minimum atomic E-state index is -0.789. The summed E-state index contributed by atoms with van der Waals surface area (Å²) in [6.45, 7) is -0.560. The first-order valence-electron chi connectivity index (χ1n) is 10.9. The van der Waals surface area contributed by atoms with Crippen molar-refractivity contribution in [3.63, 3.8) is 0 Å². The van der Waals surface area contributed by atoms with Gasteiger partial charge in [-0.3, -0.25) is 29.4 Å². The standard InChI is InChI=1S/C24H18Br2N2O7/c25-20-15-9-16(21(20)26)19-18(15)22(30)27(23(19)31)14-3-1-2-12(8-14)24(32)35-10-17(29)11-4-6-13(7-5-11)28(33)34/h1-8,15-16,18-21H,9-10H2/t15-,16-,18-,19+,20+,21+/m1/s1. The van der Waals surface area contributed by atoms with Gasteiger partial charge in [-0.1, -0.05) is 37.9 Å². The summed E-state index contributed by atoms with van der Waals surface area (Å²) in [7, 11) is 0. The lowest BCUT2D eigenvalue weighted by atomic mass is 9.81. The zero-order valence-electron chi connectivity index (χ0n) is 18.0. The molecule has 11 heteroatoms. The largest absolute Gasteiger partial charge is 0.454 e. The zero-order valence-corrected chi connectivity index (χ0v) is 21.2. The van der Waals surface area contributed by atoms with Crippen molar-refractivity contribution in [1.29, 1.82) is 0 Å². The van der Waals surface area contributed by atoms with Gasteiger partial charge in [0, 0.05) is 27.4 Å². The molecule has 1 heterocycles. The van der Waals surface area contributed by atoms with E-state index >= 15 is 0 Å². The Hall–Kier alpha value is -2.92. The number of hydrogen-bond donors (Lipinski definition) is 0. The van der Waals surface area contributed by atoms with Gasteiger partial charge in [0.1, 0.15) is 0 Å². The molecule has 0 spiro atoms. The highest BCUT2D eigenvalue weighted by Crippen LogP contribution is 2.60. The number of benzene rings is 2. The summed E-state index contributed by atoms with van der Waals surface area (Å²) in [6.07, 6.45) is 0.821. The molecule has 2 aliphatic carbocycles. The van der Waals surface area contributed by atoms with Gasteiger partial charge in [0.05, 0.1) is 28.0 Å². The van der Waals surface area contributed by atoms with Gasteiger partial charge in [0.2, 0.25) is 11.8 Å². The second-order valence-corrected chi connectivity index (χ2v) is 11.0. The quantitative estimate of drug-likeness (QED) is 0.122. The number of non-ortho nitro benzene ring substituents is 1. The smallest absolute Gasteiger partial charge is 0.338 e. The first-order valence-corrected chi connectivity index (χ1v) is 12.7. The second kappa shape index (κ2) is 8.94. The predicted molar refractivity (Wildman–Crippen MR) is 131 cm³/mol. The van der Waals surface area contributed by atoms with Crippen LogP contribution in [0.2, 0.25) is 0 Å². The number of halogens is 2. The lowest BCUT2D eigenvalue weighted by Gasteiger charge is -2.28. The normalized spacial score (nSPS) is 28.8. The molecule has 2 aromatic rings. The highest BCUT2D eigenvalue weighted by Gasteiger charge is 2.66. The number of alkyl halides is 2. The van der Waals surface area contributed by atoms with Gasteiger partial charge in [-0.15, -0.1) is 0 Å². The summed E-state index contributed by atoms with van der Waals surface area (Å²) in [5.41, 5.74) is 0.400. The van der Waals surface area contributed by atoms with E-state index in [1.807, 2.05) is 0 Å². The number of hydrogen-bond acceptors (Lipinski definition) is 7. The number of carbonyl (C=O) groups excluding carboxylic acids is 4. The topological polar surface area (TPSA) is 124 Å². The number of rotatable bonds is 6. The Labute approximate surface area is 216 Å². The van der Waals surface area contributed by atoms with E-state index in [0.717, 1.165) is 11.3 Å². The lowest BCUT2D eigenvalue weighted by molar-refractivity contribution is -0.384. The first kappa shape index (κ1) is 23.8. The van der Waals surface area contributed by atoms with Crippen molar-refractivity contribution in [3.8, 4) is 0 Å². The number of carbonyl (C=O) groups is 4. The maximum atomic E-state index is 13.2. The number of Topliss-reactive ketones (excluding diaryl/α,β-unsaturated/α-hetero) is 1. The van der Waals surface area contributed by atoms with Crippen molar-refractivity contribution < 1.29 is 28.8 Å². The number of anilines is 1. The van der Waals surface area contributed by atoms with Gasteiger partial charge in [-0.25, -0.2) is 4.79 Å². The van der Waals surface area contributed by atoms with E-state index in [1.54, 1.807) is 12.1 Å². The molecule has 0 aromatic heterocycles. The molecule has 2 saturated carbocycles. The number of esters is 1. The molecule has 1 saturated heterocycles. The monoisotopic (exact) mass is 604 g/mol. The van der Waals surface area contributed by atoms with Crippen LogP contribution in [0.25, 0.3) is 0 Å². The van der Waals surface area contributed by atoms with Crippen LogP contribution < -0.4 is 4.90 Å². The van der Waals surface area contributed by atoms with Crippen molar-refractivity contribution in [1.82, 2.24) is 0 Å². The SMILES string of the molecule is O=C(COC(=O)c1cccc(N2C(=O)[C@@H]3[C@H]4C[C@@H]([C@H](Br)[C@H]4Br)[C@@H]3C2=O)c1)c1ccc([N+](=O)[O-])cc1. The van der Waals surface area contributed by atoms with E-state index in [-0.39, 0.29) is 62.0 Å². The molecule has 3 fully saturated rings. The van der Waals surface area contributed by atoms with Crippen molar-refractivity contribution in [2.75, 3.05) is 11.5 Å². The zero-order chi connectivity index (χ0) is 25.0. The molecule has 0 unspecified atom stereocenters. The molecule has 2 amide bonds. The van der Waals surface area contributed by atoms with Crippen LogP contribution in [-0.2, 0) is 14.3 Å². The summed E-state index contributed by atoms with van der Waals surface area (Å²) >= 11 is 7.32. The lowest BCUT2D eigenvalue weighted by Crippen LogP contribution is -2.37. The molecule has 0 radical (unpaired) electrons. The van der Waals surface area contributed by atoms with E-state index in [9.17, 15) is 29.3 Å². The minimum absolute atomic E-state index is 0.0782. The molecule has 5 rings (SSSR count). The Morgan fingerprint density at radius 1 is 0.971 bits per heavy atom. The van der Waals surface area contributed by atoms with E-state index < -0.39 is 23.3 Å². The van der Waals surface area contributed by atoms with Gasteiger partial charge < -0.3 is 4.74 Å². The first-order chi connectivity index (χ1) is 16.7. The molecule has 2 bridgehead atoms. The Kier molecular flexibility index (Phi) is 6.08. The van der Waals surface area contributed by atoms with Gasteiger partial charge >= 0.3 is 5.97 Å². The van der Waals surface area contributed by atoms with Gasteiger partial charge in [0.15, 0.2) is 12.4 Å². The van der Waals surface area contributed by atoms with Crippen LogP contribution in [0.5, 0.6) is 0 Å². The summed E-state index contributed by atoms with van der Waals surface area (Å²) in [4.78, 5) is 62.9. The number of nitro groups is 1. The molecule has 6 atom stereocenters. The number of ether oxygens (including phenoxy) is 1. The predicted octanol–water partition coefficient (Wildman–Crippen LogP) is 3.92. The molecular formula is C24H18Br2N2O7. The Balaban J connectivity index is 1.28. The number of ketones is 1. The number of nitrogens with zero attached hydrogens (tertiary/aromatic N) is 2. The summed E-state index contributed by atoms with van der Waals surface area (Å²) in [5.74, 6) is -2.41. The van der Waals surface area contributed by atoms with Crippen LogP contribution in [0.4, 0.5) is 11.4 Å². The third-order valence-electron chi connectivity index (χ3n) is 7.06. The van der Waals surface area contributed by atoms with Crippen molar-refractivity contribution >= 4 is 66.8 Å². The summed E-state index contributed by atoms with van der Waals surface area (Å²) < 4.78 is 5.12. The van der Waals surface area contributed by atoms with Gasteiger partial charge in [-0.2, -0.15) is 0 Å². The molecular weight excluding hydrogens is 588 g/mol. The summed E-state index contributed by atoms with van der Waals surface area (Å²) in [6, 6.07) is 11.0. The van der Waals surface area contributed by atoms with Crippen LogP contribution >= 0.6 is 31.9 Å².